The van der Waals surface area contributed by atoms with Crippen molar-refractivity contribution in [3.63, 3.8) is 0 Å². The number of hydrogen-bond donors (Lipinski definition) is 2. The summed E-state index contributed by atoms with van der Waals surface area (Å²) in [6, 6.07) is 0.203. The lowest BCUT2D eigenvalue weighted by Gasteiger charge is -2.28. The predicted octanol–water partition coefficient (Wildman–Crippen LogP) is 1.55. The lowest BCUT2D eigenvalue weighted by atomic mass is 9.85. The van der Waals surface area contributed by atoms with Gasteiger partial charge >= 0.3 is 0 Å². The Morgan fingerprint density at radius 3 is 2.89 bits per heavy atom. The Hall–Kier alpha value is -0.610. The molecule has 4 heteroatoms. The van der Waals surface area contributed by atoms with Crippen LogP contribution in [-0.2, 0) is 9.53 Å². The van der Waals surface area contributed by atoms with E-state index in [0.29, 0.717) is 24.9 Å². The summed E-state index contributed by atoms with van der Waals surface area (Å²) in [5, 5.41) is 6.45. The molecule has 1 aliphatic heterocycles. The molecule has 0 aromatic heterocycles. The van der Waals surface area contributed by atoms with Crippen LogP contribution in [0, 0.1) is 11.8 Å². The number of carbonyl (C=O) groups is 1. The van der Waals surface area contributed by atoms with Gasteiger partial charge < -0.3 is 15.4 Å². The highest BCUT2D eigenvalue weighted by Gasteiger charge is 2.22. The van der Waals surface area contributed by atoms with E-state index in [-0.39, 0.29) is 11.9 Å². The molecule has 0 bridgehead atoms. The molecule has 106 valence electrons. The second-order valence-electron chi connectivity index (χ2n) is 5.54. The maximum Gasteiger partial charge on any atom is 0.220 e. The van der Waals surface area contributed by atoms with E-state index in [0.717, 1.165) is 19.5 Å². The fourth-order valence-electron chi connectivity index (χ4n) is 2.52. The number of amides is 1. The van der Waals surface area contributed by atoms with E-state index in [1.54, 1.807) is 7.11 Å². The van der Waals surface area contributed by atoms with Gasteiger partial charge in [-0.25, -0.2) is 0 Å². The van der Waals surface area contributed by atoms with Crippen molar-refractivity contribution in [3.8, 4) is 0 Å². The molecule has 0 saturated carbocycles. The van der Waals surface area contributed by atoms with Crippen LogP contribution in [0.3, 0.4) is 0 Å². The van der Waals surface area contributed by atoms with Gasteiger partial charge in [0.15, 0.2) is 0 Å². The topological polar surface area (TPSA) is 50.4 Å². The van der Waals surface area contributed by atoms with E-state index in [1.165, 1.54) is 12.8 Å². The van der Waals surface area contributed by atoms with Crippen molar-refractivity contribution in [2.45, 2.75) is 45.6 Å². The molecule has 3 atom stereocenters. The molecule has 1 amide bonds. The zero-order valence-electron chi connectivity index (χ0n) is 12.0. The van der Waals surface area contributed by atoms with Gasteiger partial charge in [0.25, 0.3) is 0 Å². The van der Waals surface area contributed by atoms with Crippen LogP contribution in [0.5, 0.6) is 0 Å². The number of nitrogens with one attached hydrogen (secondary N) is 2. The SMILES string of the molecule is COCCC(C)NC(=O)CC(C)C1CCCNC1. The molecule has 2 N–H and O–H groups in total. The summed E-state index contributed by atoms with van der Waals surface area (Å²) in [5.41, 5.74) is 0. The van der Waals surface area contributed by atoms with Crippen LogP contribution >= 0.6 is 0 Å². The number of hydrogen-bond acceptors (Lipinski definition) is 3. The smallest absolute Gasteiger partial charge is 0.220 e. The molecular formula is C14H28N2O2. The minimum absolute atomic E-state index is 0.177. The summed E-state index contributed by atoms with van der Waals surface area (Å²) in [4.78, 5) is 11.9. The van der Waals surface area contributed by atoms with E-state index in [1.807, 2.05) is 6.92 Å². The van der Waals surface area contributed by atoms with Crippen molar-refractivity contribution in [1.82, 2.24) is 10.6 Å². The summed E-state index contributed by atoms with van der Waals surface area (Å²) < 4.78 is 5.01. The lowest BCUT2D eigenvalue weighted by molar-refractivity contribution is -0.123. The van der Waals surface area contributed by atoms with Gasteiger partial charge in [-0.3, -0.25) is 4.79 Å². The third-order valence-electron chi connectivity index (χ3n) is 3.81. The van der Waals surface area contributed by atoms with Gasteiger partial charge in [-0.05, 0) is 51.1 Å². The normalized spacial score (nSPS) is 23.4. The predicted molar refractivity (Wildman–Crippen MR) is 73.5 cm³/mol. The van der Waals surface area contributed by atoms with Crippen molar-refractivity contribution in [3.05, 3.63) is 0 Å². The molecular weight excluding hydrogens is 228 g/mol. The van der Waals surface area contributed by atoms with Crippen molar-refractivity contribution >= 4 is 5.91 Å². The second kappa shape index (κ2) is 8.48. The molecule has 1 rings (SSSR count). The monoisotopic (exact) mass is 256 g/mol. The summed E-state index contributed by atoms with van der Waals surface area (Å²) in [5.74, 6) is 1.29. The van der Waals surface area contributed by atoms with Crippen LogP contribution in [0.4, 0.5) is 0 Å². The quantitative estimate of drug-likeness (QED) is 0.726. The molecule has 4 nitrogen and oxygen atoms in total. The molecule has 0 radical (unpaired) electrons. The number of rotatable bonds is 7. The molecule has 3 unspecified atom stereocenters. The number of carbonyl (C=O) groups excluding carboxylic acids is 1. The molecule has 1 aliphatic rings. The average molecular weight is 256 g/mol. The van der Waals surface area contributed by atoms with Crippen LogP contribution < -0.4 is 10.6 Å². The molecule has 0 aromatic rings. The van der Waals surface area contributed by atoms with Crippen molar-refractivity contribution < 1.29 is 9.53 Å². The number of methoxy groups -OCH3 is 1. The van der Waals surface area contributed by atoms with Gasteiger partial charge in [0.1, 0.15) is 0 Å². The summed E-state index contributed by atoms with van der Waals surface area (Å²) in [7, 11) is 1.69. The van der Waals surface area contributed by atoms with Gasteiger partial charge in [-0.2, -0.15) is 0 Å². The molecule has 0 aliphatic carbocycles. The first-order valence-electron chi connectivity index (χ1n) is 7.12. The van der Waals surface area contributed by atoms with Gasteiger partial charge in [0, 0.05) is 26.2 Å². The number of ether oxygens (including phenoxy) is 1. The third kappa shape index (κ3) is 5.83. The maximum absolute atomic E-state index is 11.9. The summed E-state index contributed by atoms with van der Waals surface area (Å²) >= 11 is 0. The number of piperidine rings is 1. The van der Waals surface area contributed by atoms with E-state index >= 15 is 0 Å². The highest BCUT2D eigenvalue weighted by atomic mass is 16.5. The minimum Gasteiger partial charge on any atom is -0.385 e. The highest BCUT2D eigenvalue weighted by molar-refractivity contribution is 5.76. The van der Waals surface area contributed by atoms with Crippen molar-refractivity contribution in [2.75, 3.05) is 26.8 Å². The molecule has 0 aromatic carbocycles. The fraction of sp³-hybridized carbons (Fsp3) is 0.929. The largest absolute Gasteiger partial charge is 0.385 e. The first kappa shape index (κ1) is 15.4. The van der Waals surface area contributed by atoms with E-state index in [9.17, 15) is 4.79 Å². The van der Waals surface area contributed by atoms with Crippen LogP contribution in [0.15, 0.2) is 0 Å². The minimum atomic E-state index is 0.177. The molecule has 18 heavy (non-hydrogen) atoms. The maximum atomic E-state index is 11.9. The summed E-state index contributed by atoms with van der Waals surface area (Å²) in [6.45, 7) is 7.11. The first-order valence-corrected chi connectivity index (χ1v) is 7.12. The van der Waals surface area contributed by atoms with Crippen molar-refractivity contribution in [1.29, 1.82) is 0 Å². The summed E-state index contributed by atoms with van der Waals surface area (Å²) in [6.07, 6.45) is 4.01. The fourth-order valence-corrected chi connectivity index (χ4v) is 2.52. The van der Waals surface area contributed by atoms with Crippen molar-refractivity contribution in [2.24, 2.45) is 11.8 Å². The van der Waals surface area contributed by atoms with Crippen LogP contribution in [0.1, 0.15) is 39.5 Å². The second-order valence-corrected chi connectivity index (χ2v) is 5.54. The van der Waals surface area contributed by atoms with Gasteiger partial charge in [-0.15, -0.1) is 0 Å². The van der Waals surface area contributed by atoms with Crippen LogP contribution in [-0.4, -0.2) is 38.8 Å². The zero-order valence-corrected chi connectivity index (χ0v) is 12.0. The Labute approximate surface area is 111 Å². The van der Waals surface area contributed by atoms with E-state index in [2.05, 4.69) is 17.6 Å². The van der Waals surface area contributed by atoms with Crippen LogP contribution in [0.2, 0.25) is 0 Å². The molecule has 1 fully saturated rings. The van der Waals surface area contributed by atoms with Gasteiger partial charge in [-0.1, -0.05) is 6.92 Å². The van der Waals surface area contributed by atoms with E-state index < -0.39 is 0 Å². The Morgan fingerprint density at radius 1 is 1.50 bits per heavy atom. The Morgan fingerprint density at radius 2 is 2.28 bits per heavy atom. The first-order chi connectivity index (χ1) is 8.63. The average Bonchev–Trinajstić information content (AvgIpc) is 2.37. The standard InChI is InChI=1S/C14H28N2O2/c1-11(13-5-4-7-15-10-13)9-14(17)16-12(2)6-8-18-3/h11-13,15H,4-10H2,1-3H3,(H,16,17). The Kier molecular flexibility index (Phi) is 7.28. The molecule has 0 spiro atoms. The van der Waals surface area contributed by atoms with E-state index in [4.69, 9.17) is 4.74 Å². The Bertz CT molecular complexity index is 240. The van der Waals surface area contributed by atoms with Gasteiger partial charge in [0.2, 0.25) is 5.91 Å². The lowest BCUT2D eigenvalue weighted by Crippen LogP contribution is -2.38. The molecule has 1 heterocycles. The van der Waals surface area contributed by atoms with Gasteiger partial charge in [0.05, 0.1) is 0 Å². The third-order valence-corrected chi connectivity index (χ3v) is 3.81. The zero-order chi connectivity index (χ0) is 13.4. The van der Waals surface area contributed by atoms with Crippen LogP contribution in [0.25, 0.3) is 0 Å². The Balaban J connectivity index is 2.21. The molecule has 1 saturated heterocycles. The highest BCUT2D eigenvalue weighted by Crippen LogP contribution is 2.22.